The zero-order chi connectivity index (χ0) is 33.9. The van der Waals surface area contributed by atoms with Crippen LogP contribution in [0, 0.1) is 0 Å². The number of fused-ring (bicyclic) bond motifs is 11. The summed E-state index contributed by atoms with van der Waals surface area (Å²) in [6, 6.07) is 54.1. The summed E-state index contributed by atoms with van der Waals surface area (Å²) >= 11 is 1.88. The fourth-order valence-electron chi connectivity index (χ4n) is 8.58. The van der Waals surface area contributed by atoms with Gasteiger partial charge < -0.3 is 9.73 Å². The van der Waals surface area contributed by atoms with Crippen molar-refractivity contribution in [2.75, 3.05) is 0 Å². The van der Waals surface area contributed by atoms with Crippen molar-refractivity contribution in [3.63, 3.8) is 0 Å². The van der Waals surface area contributed by atoms with Gasteiger partial charge in [0, 0.05) is 53.2 Å². The molecule has 3 heterocycles. The van der Waals surface area contributed by atoms with Crippen LogP contribution in [-0.2, 0) is 0 Å². The topological polar surface area (TPSA) is 49.9 Å². The average molecular weight is 682 g/mol. The largest absolute Gasteiger partial charge is 0.456 e. The van der Waals surface area contributed by atoms with Crippen LogP contribution in [0.2, 0.25) is 0 Å². The van der Waals surface area contributed by atoms with E-state index in [1.54, 1.807) is 0 Å². The van der Waals surface area contributed by atoms with E-state index >= 15 is 0 Å². The van der Waals surface area contributed by atoms with E-state index < -0.39 is 0 Å². The SMILES string of the molecule is c1ccc2cc(C3=NC(c4cccc5oc6ccccc6c45)=NC(c4cccc5sc6c7c(ccc6c45)-c4cccc5cccc-7c45)N3)ccc2c1. The molecule has 1 aliphatic carbocycles. The Hall–Kier alpha value is -6.56. The van der Waals surface area contributed by atoms with Crippen molar-refractivity contribution in [2.24, 2.45) is 9.98 Å². The number of hydrogen-bond acceptors (Lipinski definition) is 5. The third kappa shape index (κ3) is 3.91. The van der Waals surface area contributed by atoms with Crippen molar-refractivity contribution in [2.45, 2.75) is 6.17 Å². The van der Waals surface area contributed by atoms with Crippen molar-refractivity contribution in [1.29, 1.82) is 0 Å². The fraction of sp³-hybridized carbons (Fsp3) is 0.0213. The molecule has 10 aromatic rings. The molecule has 5 heteroatoms. The lowest BCUT2D eigenvalue weighted by molar-refractivity contribution is 0.668. The molecule has 0 saturated heterocycles. The van der Waals surface area contributed by atoms with Crippen LogP contribution < -0.4 is 5.32 Å². The minimum absolute atomic E-state index is 0.377. The Labute approximate surface area is 302 Å². The Bertz CT molecular complexity index is 3230. The quantitative estimate of drug-likeness (QED) is 0.202. The van der Waals surface area contributed by atoms with Gasteiger partial charge in [0.2, 0.25) is 0 Å². The summed E-state index contributed by atoms with van der Waals surface area (Å²) in [7, 11) is 0. The molecule has 2 aromatic heterocycles. The molecule has 12 rings (SSSR count). The normalized spacial score (nSPS) is 15.1. The first-order chi connectivity index (χ1) is 25.8. The van der Waals surface area contributed by atoms with Crippen molar-refractivity contribution in [3.8, 4) is 22.3 Å². The highest BCUT2D eigenvalue weighted by Crippen LogP contribution is 2.53. The second-order valence-electron chi connectivity index (χ2n) is 13.7. The number of furan rings is 1. The molecule has 0 amide bonds. The third-order valence-corrected chi connectivity index (χ3v) is 12.1. The summed E-state index contributed by atoms with van der Waals surface area (Å²) in [5.74, 6) is 1.48. The molecule has 2 aliphatic rings. The fourth-order valence-corrected chi connectivity index (χ4v) is 9.88. The Morgan fingerprint density at radius 2 is 1.31 bits per heavy atom. The van der Waals surface area contributed by atoms with Crippen LogP contribution in [0.1, 0.15) is 22.9 Å². The summed E-state index contributed by atoms with van der Waals surface area (Å²) in [5, 5.41) is 13.4. The van der Waals surface area contributed by atoms with Crippen molar-refractivity contribution < 1.29 is 4.42 Å². The van der Waals surface area contributed by atoms with Gasteiger partial charge in [-0.2, -0.15) is 0 Å². The highest BCUT2D eigenvalue weighted by Gasteiger charge is 2.28. The standard InChI is InChI=1S/C47H27N3OS/c1-2-10-28-25-29(22-21-26(28)9-1)45-48-46(35-16-7-19-38-41(35)32-13-3-4-18-37(32)51-38)50-47(49-45)36-17-8-20-39-42(36)34-24-23-31-30-14-5-11-27-12-6-15-33(40(27)30)43(31)44(34)52-39/h1-25,47H,(H,48,49,50). The van der Waals surface area contributed by atoms with Crippen LogP contribution >= 0.6 is 11.3 Å². The van der Waals surface area contributed by atoms with Crippen molar-refractivity contribution in [3.05, 3.63) is 168 Å². The monoisotopic (exact) mass is 681 g/mol. The van der Waals surface area contributed by atoms with E-state index in [0.29, 0.717) is 5.84 Å². The maximum Gasteiger partial charge on any atom is 0.160 e. The Morgan fingerprint density at radius 3 is 2.25 bits per heavy atom. The van der Waals surface area contributed by atoms with E-state index in [-0.39, 0.29) is 6.17 Å². The van der Waals surface area contributed by atoms with Gasteiger partial charge in [0.25, 0.3) is 0 Å². The van der Waals surface area contributed by atoms with Gasteiger partial charge in [0.1, 0.15) is 23.2 Å². The number of para-hydroxylation sites is 1. The summed E-state index contributed by atoms with van der Waals surface area (Å²) in [6.07, 6.45) is -0.377. The lowest BCUT2D eigenvalue weighted by Gasteiger charge is -2.24. The first-order valence-corrected chi connectivity index (χ1v) is 18.4. The summed E-state index contributed by atoms with van der Waals surface area (Å²) in [5.41, 5.74) is 10.1. The molecule has 1 N–H and O–H groups in total. The maximum absolute atomic E-state index is 6.31. The van der Waals surface area contributed by atoms with E-state index in [0.717, 1.165) is 44.5 Å². The van der Waals surface area contributed by atoms with Crippen LogP contribution in [0.15, 0.2) is 166 Å². The highest BCUT2D eigenvalue weighted by molar-refractivity contribution is 7.26. The molecule has 52 heavy (non-hydrogen) atoms. The molecule has 1 atom stereocenters. The molecule has 0 saturated carbocycles. The predicted molar refractivity (Wildman–Crippen MR) is 218 cm³/mol. The number of benzene rings is 8. The van der Waals surface area contributed by atoms with E-state index in [4.69, 9.17) is 14.4 Å². The van der Waals surface area contributed by atoms with Crippen molar-refractivity contribution >= 4 is 86.7 Å². The van der Waals surface area contributed by atoms with Crippen LogP contribution in [0.3, 0.4) is 0 Å². The van der Waals surface area contributed by atoms with Gasteiger partial charge in [-0.3, -0.25) is 0 Å². The van der Waals surface area contributed by atoms with Gasteiger partial charge in [-0.25, -0.2) is 9.98 Å². The number of aliphatic imine (C=N–C) groups is 2. The predicted octanol–water partition coefficient (Wildman–Crippen LogP) is 12.4. The summed E-state index contributed by atoms with van der Waals surface area (Å²) in [6.45, 7) is 0. The number of nitrogens with zero attached hydrogens (tertiary/aromatic N) is 2. The number of thiophene rings is 1. The second kappa shape index (κ2) is 10.5. The zero-order valence-corrected chi connectivity index (χ0v) is 28.5. The second-order valence-corrected chi connectivity index (χ2v) is 14.7. The molecule has 1 unspecified atom stereocenters. The van der Waals surface area contributed by atoms with Crippen molar-refractivity contribution in [1.82, 2.24) is 5.32 Å². The number of hydrogen-bond donors (Lipinski definition) is 1. The number of nitrogens with one attached hydrogen (secondary N) is 1. The first-order valence-electron chi connectivity index (χ1n) is 17.6. The van der Waals surface area contributed by atoms with E-state index in [1.165, 1.54) is 64.0 Å². The lowest BCUT2D eigenvalue weighted by Crippen LogP contribution is -2.33. The zero-order valence-electron chi connectivity index (χ0n) is 27.7. The van der Waals surface area contributed by atoms with E-state index in [1.807, 2.05) is 35.6 Å². The lowest BCUT2D eigenvalue weighted by atomic mass is 9.98. The minimum Gasteiger partial charge on any atom is -0.456 e. The minimum atomic E-state index is -0.377. The molecule has 0 bridgehead atoms. The molecule has 0 fully saturated rings. The van der Waals surface area contributed by atoms with E-state index in [9.17, 15) is 0 Å². The third-order valence-electron chi connectivity index (χ3n) is 10.9. The maximum atomic E-state index is 6.31. The van der Waals surface area contributed by atoms with Gasteiger partial charge in [-0.05, 0) is 62.5 Å². The highest BCUT2D eigenvalue weighted by atomic mass is 32.1. The molecular weight excluding hydrogens is 655 g/mol. The summed E-state index contributed by atoms with van der Waals surface area (Å²) in [4.78, 5) is 10.7. The molecule has 4 nitrogen and oxygen atoms in total. The van der Waals surface area contributed by atoms with E-state index in [2.05, 4.69) is 133 Å². The van der Waals surface area contributed by atoms with Crippen LogP contribution in [0.5, 0.6) is 0 Å². The van der Waals surface area contributed by atoms with Gasteiger partial charge >= 0.3 is 0 Å². The molecule has 242 valence electrons. The van der Waals surface area contributed by atoms with Gasteiger partial charge in [-0.15, -0.1) is 11.3 Å². The number of amidine groups is 2. The van der Waals surface area contributed by atoms with Crippen LogP contribution in [0.4, 0.5) is 0 Å². The molecular formula is C47H27N3OS. The average Bonchev–Trinajstić information content (AvgIpc) is 3.88. The van der Waals surface area contributed by atoms with Gasteiger partial charge in [0.15, 0.2) is 5.84 Å². The smallest absolute Gasteiger partial charge is 0.160 e. The molecule has 0 radical (unpaired) electrons. The Balaban J connectivity index is 1.09. The van der Waals surface area contributed by atoms with Crippen LogP contribution in [0.25, 0.3) is 85.9 Å². The molecule has 0 spiro atoms. The Kier molecular flexibility index (Phi) is 5.68. The molecule has 8 aromatic carbocycles. The van der Waals surface area contributed by atoms with Gasteiger partial charge in [-0.1, -0.05) is 127 Å². The first kappa shape index (κ1) is 28.2. The van der Waals surface area contributed by atoms with Crippen LogP contribution in [-0.4, -0.2) is 11.7 Å². The van der Waals surface area contributed by atoms with Gasteiger partial charge in [0.05, 0.1) is 0 Å². The Morgan fingerprint density at radius 1 is 0.538 bits per heavy atom. The number of rotatable bonds is 3. The molecule has 1 aliphatic heterocycles. The summed E-state index contributed by atoms with van der Waals surface area (Å²) < 4.78 is 8.88.